The molecule has 2 aromatic heterocycles. The van der Waals surface area contributed by atoms with E-state index in [4.69, 9.17) is 5.73 Å². The molecule has 0 radical (unpaired) electrons. The van der Waals surface area contributed by atoms with Crippen molar-refractivity contribution in [2.45, 2.75) is 38.8 Å². The number of carbonyl (C=O) groups is 1. The molecule has 0 unspecified atom stereocenters. The lowest BCUT2D eigenvalue weighted by Gasteiger charge is -2.15. The Morgan fingerprint density at radius 1 is 1.64 bits per heavy atom. The summed E-state index contributed by atoms with van der Waals surface area (Å²) in [5.41, 5.74) is 7.70. The van der Waals surface area contributed by atoms with Crippen molar-refractivity contribution in [3.63, 3.8) is 0 Å². The minimum atomic E-state index is -0.127. The van der Waals surface area contributed by atoms with Gasteiger partial charge in [0.2, 0.25) is 0 Å². The number of halogens is 2. The number of thiazole rings is 1. The summed E-state index contributed by atoms with van der Waals surface area (Å²) in [7, 11) is 0. The summed E-state index contributed by atoms with van der Waals surface area (Å²) < 4.78 is 2.81. The molecule has 5 nitrogen and oxygen atoms in total. The standard InChI is InChI=1S/C14H17BrN4OS.ClH/c1-2-19-7-8(15)5-11(19)13(20)18-14-17-10-4-3-9(16)6-12(10)21-14;/h5,7,9H,2-4,6,16H2,1H3,(H,17,18,20);1H/t9-;/m0./s1. The van der Waals surface area contributed by atoms with Crippen LogP contribution in [0.4, 0.5) is 5.13 Å². The number of hydrogen-bond acceptors (Lipinski definition) is 4. The Morgan fingerprint density at radius 3 is 3.14 bits per heavy atom. The van der Waals surface area contributed by atoms with Gasteiger partial charge in [-0.05, 0) is 48.2 Å². The van der Waals surface area contributed by atoms with Gasteiger partial charge >= 0.3 is 0 Å². The van der Waals surface area contributed by atoms with Gasteiger partial charge in [0.05, 0.1) is 5.69 Å². The van der Waals surface area contributed by atoms with Crippen LogP contribution in [0.25, 0.3) is 0 Å². The van der Waals surface area contributed by atoms with Crippen molar-refractivity contribution in [1.82, 2.24) is 9.55 Å². The van der Waals surface area contributed by atoms with E-state index in [0.29, 0.717) is 10.8 Å². The molecule has 0 spiro atoms. The number of nitrogens with two attached hydrogens (primary N) is 1. The molecule has 0 fully saturated rings. The molecule has 1 amide bonds. The van der Waals surface area contributed by atoms with E-state index in [-0.39, 0.29) is 24.4 Å². The van der Waals surface area contributed by atoms with Gasteiger partial charge in [0.25, 0.3) is 5.91 Å². The predicted molar refractivity (Wildman–Crippen MR) is 95.1 cm³/mol. The maximum Gasteiger partial charge on any atom is 0.274 e. The smallest absolute Gasteiger partial charge is 0.274 e. The summed E-state index contributed by atoms with van der Waals surface area (Å²) in [5.74, 6) is -0.127. The molecule has 1 aliphatic carbocycles. The first kappa shape index (κ1) is 17.5. The monoisotopic (exact) mass is 404 g/mol. The number of anilines is 1. The lowest BCUT2D eigenvalue weighted by Crippen LogP contribution is -2.27. The molecule has 8 heteroatoms. The molecule has 0 saturated carbocycles. The van der Waals surface area contributed by atoms with Crippen molar-refractivity contribution in [2.24, 2.45) is 5.73 Å². The summed E-state index contributed by atoms with van der Waals surface area (Å²) in [4.78, 5) is 18.1. The van der Waals surface area contributed by atoms with Crippen LogP contribution in [0.3, 0.4) is 0 Å². The molecule has 2 heterocycles. The molecule has 22 heavy (non-hydrogen) atoms. The van der Waals surface area contributed by atoms with Gasteiger partial charge in [0.15, 0.2) is 5.13 Å². The van der Waals surface area contributed by atoms with E-state index in [9.17, 15) is 4.79 Å². The van der Waals surface area contributed by atoms with Crippen LogP contribution < -0.4 is 11.1 Å². The van der Waals surface area contributed by atoms with Crippen molar-refractivity contribution in [2.75, 3.05) is 5.32 Å². The summed E-state index contributed by atoms with van der Waals surface area (Å²) in [5, 5.41) is 3.57. The van der Waals surface area contributed by atoms with Crippen LogP contribution in [-0.4, -0.2) is 21.5 Å². The van der Waals surface area contributed by atoms with E-state index in [1.807, 2.05) is 23.8 Å². The highest BCUT2D eigenvalue weighted by molar-refractivity contribution is 9.10. The molecule has 3 rings (SSSR count). The van der Waals surface area contributed by atoms with Gasteiger partial charge in [-0.15, -0.1) is 23.7 Å². The summed E-state index contributed by atoms with van der Waals surface area (Å²) in [6.45, 7) is 2.75. The Hall–Kier alpha value is -0.890. The first-order valence-corrected chi connectivity index (χ1v) is 8.59. The number of aryl methyl sites for hydroxylation is 2. The molecule has 0 aromatic carbocycles. The third-order valence-electron chi connectivity index (χ3n) is 3.63. The first-order chi connectivity index (χ1) is 10.1. The summed E-state index contributed by atoms with van der Waals surface area (Å²) >= 11 is 4.94. The topological polar surface area (TPSA) is 72.9 Å². The van der Waals surface area contributed by atoms with E-state index in [0.717, 1.165) is 36.0 Å². The lowest BCUT2D eigenvalue weighted by atomic mass is 9.99. The van der Waals surface area contributed by atoms with Crippen LogP contribution in [0, 0.1) is 0 Å². The fraction of sp³-hybridized carbons (Fsp3) is 0.429. The van der Waals surface area contributed by atoms with Gasteiger partial charge in [-0.1, -0.05) is 0 Å². The number of carbonyl (C=O) groups excluding carboxylic acids is 1. The molecule has 1 atom stereocenters. The maximum atomic E-state index is 12.4. The minimum absolute atomic E-state index is 0. The van der Waals surface area contributed by atoms with Gasteiger partial charge in [-0.3, -0.25) is 10.1 Å². The zero-order valence-corrected chi connectivity index (χ0v) is 15.4. The van der Waals surface area contributed by atoms with E-state index in [2.05, 4.69) is 26.2 Å². The Bertz CT molecular complexity index is 684. The molecule has 1 aliphatic rings. The van der Waals surface area contributed by atoms with Crippen LogP contribution >= 0.6 is 39.7 Å². The van der Waals surface area contributed by atoms with Gasteiger partial charge in [-0.2, -0.15) is 0 Å². The number of fused-ring (bicyclic) bond motifs is 1. The number of aromatic nitrogens is 2. The van der Waals surface area contributed by atoms with Crippen molar-refractivity contribution in [3.8, 4) is 0 Å². The second-order valence-electron chi connectivity index (χ2n) is 5.18. The molecule has 3 N–H and O–H groups in total. The lowest BCUT2D eigenvalue weighted by molar-refractivity contribution is 0.101. The zero-order valence-electron chi connectivity index (χ0n) is 12.1. The van der Waals surface area contributed by atoms with Gasteiger partial charge in [0.1, 0.15) is 5.69 Å². The summed E-state index contributed by atoms with van der Waals surface area (Å²) in [6.07, 6.45) is 4.63. The number of nitrogens with one attached hydrogen (secondary N) is 1. The molecular weight excluding hydrogens is 388 g/mol. The van der Waals surface area contributed by atoms with Crippen molar-refractivity contribution in [1.29, 1.82) is 0 Å². The second kappa shape index (κ2) is 7.12. The highest BCUT2D eigenvalue weighted by Crippen LogP contribution is 2.29. The molecule has 0 aliphatic heterocycles. The van der Waals surface area contributed by atoms with Crippen molar-refractivity contribution in [3.05, 3.63) is 33.0 Å². The van der Waals surface area contributed by atoms with Crippen LogP contribution in [0.2, 0.25) is 0 Å². The summed E-state index contributed by atoms with van der Waals surface area (Å²) in [6, 6.07) is 2.04. The molecule has 2 aromatic rings. The van der Waals surface area contributed by atoms with E-state index in [1.165, 1.54) is 16.2 Å². The molecule has 120 valence electrons. The second-order valence-corrected chi connectivity index (χ2v) is 7.17. The van der Waals surface area contributed by atoms with Gasteiger partial charge in [-0.25, -0.2) is 4.98 Å². The third kappa shape index (κ3) is 3.53. The highest BCUT2D eigenvalue weighted by Gasteiger charge is 2.21. The largest absolute Gasteiger partial charge is 0.343 e. The Labute approximate surface area is 147 Å². The molecular formula is C14H18BrClN4OS. The number of amides is 1. The first-order valence-electron chi connectivity index (χ1n) is 6.98. The quantitative estimate of drug-likeness (QED) is 0.823. The fourth-order valence-electron chi connectivity index (χ4n) is 2.54. The van der Waals surface area contributed by atoms with E-state index >= 15 is 0 Å². The molecule has 0 bridgehead atoms. The maximum absolute atomic E-state index is 12.4. The minimum Gasteiger partial charge on any atom is -0.343 e. The van der Waals surface area contributed by atoms with Crippen LogP contribution in [0.1, 0.15) is 34.4 Å². The van der Waals surface area contributed by atoms with Crippen molar-refractivity contribution >= 4 is 50.7 Å². The van der Waals surface area contributed by atoms with Crippen LogP contribution in [0.15, 0.2) is 16.7 Å². The normalized spacial score (nSPS) is 16.8. The van der Waals surface area contributed by atoms with Crippen LogP contribution in [0.5, 0.6) is 0 Å². The Morgan fingerprint density at radius 2 is 2.41 bits per heavy atom. The highest BCUT2D eigenvalue weighted by atomic mass is 79.9. The SMILES string of the molecule is CCn1cc(Br)cc1C(=O)Nc1nc2c(s1)C[C@@H](N)CC2.Cl. The zero-order chi connectivity index (χ0) is 15.0. The number of rotatable bonds is 3. The Balaban J connectivity index is 0.00000176. The predicted octanol–water partition coefficient (Wildman–Crippen LogP) is 3.22. The van der Waals surface area contributed by atoms with E-state index in [1.54, 1.807) is 0 Å². The number of nitrogens with zero attached hydrogens (tertiary/aromatic N) is 2. The fourth-order valence-corrected chi connectivity index (χ4v) is 4.10. The van der Waals surface area contributed by atoms with Crippen LogP contribution in [-0.2, 0) is 19.4 Å². The average molecular weight is 406 g/mol. The van der Waals surface area contributed by atoms with E-state index < -0.39 is 0 Å². The van der Waals surface area contributed by atoms with Gasteiger partial charge < -0.3 is 10.3 Å². The number of hydrogen-bond donors (Lipinski definition) is 2. The Kier molecular flexibility index (Phi) is 5.65. The molecule has 0 saturated heterocycles. The average Bonchev–Trinajstić information content (AvgIpc) is 3.00. The van der Waals surface area contributed by atoms with Gasteiger partial charge in [0, 0.05) is 28.1 Å². The third-order valence-corrected chi connectivity index (χ3v) is 5.10. The van der Waals surface area contributed by atoms with Crippen molar-refractivity contribution < 1.29 is 4.79 Å².